The van der Waals surface area contributed by atoms with E-state index in [4.69, 9.17) is 9.94 Å². The molecule has 1 aliphatic rings. The highest BCUT2D eigenvalue weighted by Gasteiger charge is 2.46. The van der Waals surface area contributed by atoms with Gasteiger partial charge in [0.15, 0.2) is 0 Å². The second-order valence-electron chi connectivity index (χ2n) is 5.96. The van der Waals surface area contributed by atoms with Crippen LogP contribution in [0.5, 0.6) is 0 Å². The van der Waals surface area contributed by atoms with Gasteiger partial charge in [0.05, 0.1) is 19.1 Å². The number of piperidine rings is 1. The molecule has 5 heteroatoms. The van der Waals surface area contributed by atoms with Gasteiger partial charge in [0.25, 0.3) is 0 Å². The van der Waals surface area contributed by atoms with Crippen molar-refractivity contribution in [2.45, 2.75) is 64.1 Å². The molecule has 0 spiro atoms. The second-order valence-corrected chi connectivity index (χ2v) is 5.96. The number of carbonyl (C=O) groups is 1. The largest absolute Gasteiger partial charge is 0.481 e. The van der Waals surface area contributed by atoms with Gasteiger partial charge in [-0.1, -0.05) is 0 Å². The Labute approximate surface area is 102 Å². The molecule has 0 radical (unpaired) electrons. The lowest BCUT2D eigenvalue weighted by atomic mass is 9.80. The predicted octanol–water partition coefficient (Wildman–Crippen LogP) is 1.41. The topological polar surface area (TPSA) is 70.0 Å². The molecule has 0 amide bonds. The Balaban J connectivity index is 2.68. The third-order valence-corrected chi connectivity index (χ3v) is 3.11. The summed E-state index contributed by atoms with van der Waals surface area (Å²) in [5, 5.41) is 20.3. The van der Waals surface area contributed by atoms with Crippen LogP contribution in [0.25, 0.3) is 0 Å². The van der Waals surface area contributed by atoms with Crippen molar-refractivity contribution >= 4 is 5.97 Å². The van der Waals surface area contributed by atoms with E-state index < -0.39 is 5.97 Å². The summed E-state index contributed by atoms with van der Waals surface area (Å²) >= 11 is 0. The number of hydroxylamine groups is 2. The lowest BCUT2D eigenvalue weighted by molar-refractivity contribution is -0.292. The summed E-state index contributed by atoms with van der Waals surface area (Å²) in [6.45, 7) is 8.16. The Morgan fingerprint density at radius 3 is 2.18 bits per heavy atom. The minimum absolute atomic E-state index is 0.00872. The standard InChI is InChI=1S/C12H23NO4/c1-11(2)7-9(14)8-12(3,4)13(11)17-6-5-10(15)16/h9,14H,5-8H2,1-4H3,(H,15,16). The first-order valence-electron chi connectivity index (χ1n) is 5.98. The van der Waals surface area contributed by atoms with Crippen LogP contribution in [0.15, 0.2) is 0 Å². The van der Waals surface area contributed by atoms with Crippen molar-refractivity contribution in [3.05, 3.63) is 0 Å². The number of carboxylic acid groups (broad SMARTS) is 1. The number of hydrogen-bond donors (Lipinski definition) is 2. The van der Waals surface area contributed by atoms with Gasteiger partial charge >= 0.3 is 5.97 Å². The monoisotopic (exact) mass is 245 g/mol. The fourth-order valence-electron chi connectivity index (χ4n) is 2.78. The van der Waals surface area contributed by atoms with Crippen LogP contribution >= 0.6 is 0 Å². The van der Waals surface area contributed by atoms with Crippen molar-refractivity contribution < 1.29 is 19.8 Å². The van der Waals surface area contributed by atoms with E-state index in [0.717, 1.165) is 0 Å². The zero-order chi connectivity index (χ0) is 13.3. The molecule has 0 bridgehead atoms. The number of aliphatic hydroxyl groups is 1. The number of hydrogen-bond acceptors (Lipinski definition) is 4. The van der Waals surface area contributed by atoms with Gasteiger partial charge in [-0.15, -0.1) is 0 Å². The van der Waals surface area contributed by atoms with Gasteiger partial charge in [0, 0.05) is 11.1 Å². The number of rotatable bonds is 4. The van der Waals surface area contributed by atoms with E-state index in [9.17, 15) is 9.90 Å². The lowest BCUT2D eigenvalue weighted by Gasteiger charge is -2.52. The molecule has 1 saturated heterocycles. The Morgan fingerprint density at radius 1 is 1.29 bits per heavy atom. The predicted molar refractivity (Wildman–Crippen MR) is 63.4 cm³/mol. The second kappa shape index (κ2) is 4.92. The van der Waals surface area contributed by atoms with Crippen LogP contribution in [-0.2, 0) is 9.63 Å². The molecule has 1 fully saturated rings. The van der Waals surface area contributed by atoms with E-state index in [1.807, 2.05) is 32.8 Å². The molecular formula is C12H23NO4. The Bertz CT molecular complexity index is 270. The minimum Gasteiger partial charge on any atom is -0.481 e. The Morgan fingerprint density at radius 2 is 1.76 bits per heavy atom. The summed E-state index contributed by atoms with van der Waals surface area (Å²) < 4.78 is 0. The molecule has 0 aromatic rings. The molecule has 0 saturated carbocycles. The zero-order valence-electron chi connectivity index (χ0n) is 11.1. The average Bonchev–Trinajstić information content (AvgIpc) is 2.06. The fourth-order valence-corrected chi connectivity index (χ4v) is 2.78. The van der Waals surface area contributed by atoms with Gasteiger partial charge in [-0.2, -0.15) is 5.06 Å². The van der Waals surface area contributed by atoms with Crippen molar-refractivity contribution in [2.75, 3.05) is 6.61 Å². The molecule has 0 aliphatic carbocycles. The normalized spacial score (nSPS) is 24.8. The van der Waals surface area contributed by atoms with E-state index in [2.05, 4.69) is 0 Å². The maximum Gasteiger partial charge on any atom is 0.305 e. The van der Waals surface area contributed by atoms with Crippen LogP contribution in [0, 0.1) is 0 Å². The van der Waals surface area contributed by atoms with Crippen LogP contribution in [0.2, 0.25) is 0 Å². The van der Waals surface area contributed by atoms with Gasteiger partial charge < -0.3 is 10.2 Å². The maximum atomic E-state index is 10.5. The summed E-state index contributed by atoms with van der Waals surface area (Å²) in [6, 6.07) is 0. The fraction of sp³-hybridized carbons (Fsp3) is 0.917. The molecule has 0 unspecified atom stereocenters. The van der Waals surface area contributed by atoms with Gasteiger partial charge in [-0.05, 0) is 40.5 Å². The molecule has 5 nitrogen and oxygen atoms in total. The van der Waals surface area contributed by atoms with E-state index in [0.29, 0.717) is 12.8 Å². The number of carboxylic acids is 1. The molecule has 100 valence electrons. The summed E-state index contributed by atoms with van der Waals surface area (Å²) in [7, 11) is 0. The summed E-state index contributed by atoms with van der Waals surface area (Å²) in [5.41, 5.74) is -0.584. The molecule has 0 aromatic heterocycles. The third kappa shape index (κ3) is 3.66. The van der Waals surface area contributed by atoms with Crippen molar-refractivity contribution in [3.63, 3.8) is 0 Å². The first-order valence-corrected chi connectivity index (χ1v) is 5.98. The van der Waals surface area contributed by atoms with Crippen LogP contribution in [0.3, 0.4) is 0 Å². The van der Waals surface area contributed by atoms with Crippen molar-refractivity contribution in [1.29, 1.82) is 0 Å². The van der Waals surface area contributed by atoms with Crippen molar-refractivity contribution in [3.8, 4) is 0 Å². The number of aliphatic carboxylic acids is 1. The molecule has 1 aliphatic heterocycles. The zero-order valence-corrected chi connectivity index (χ0v) is 11.1. The van der Waals surface area contributed by atoms with E-state index in [1.165, 1.54) is 0 Å². The molecule has 0 atom stereocenters. The van der Waals surface area contributed by atoms with E-state index in [-0.39, 0.29) is 30.2 Å². The number of aliphatic hydroxyl groups excluding tert-OH is 1. The quantitative estimate of drug-likeness (QED) is 0.783. The van der Waals surface area contributed by atoms with Gasteiger partial charge in [-0.25, -0.2) is 0 Å². The van der Waals surface area contributed by atoms with Crippen molar-refractivity contribution in [1.82, 2.24) is 5.06 Å². The van der Waals surface area contributed by atoms with E-state index in [1.54, 1.807) is 0 Å². The molecule has 1 rings (SSSR count). The summed E-state index contributed by atoms with van der Waals surface area (Å²) in [6.07, 6.45) is 0.914. The van der Waals surface area contributed by atoms with Gasteiger partial charge in [0.1, 0.15) is 0 Å². The average molecular weight is 245 g/mol. The Kier molecular flexibility index (Phi) is 4.17. The minimum atomic E-state index is -0.863. The van der Waals surface area contributed by atoms with Crippen LogP contribution in [0.1, 0.15) is 47.0 Å². The van der Waals surface area contributed by atoms with Gasteiger partial charge in [-0.3, -0.25) is 9.63 Å². The lowest BCUT2D eigenvalue weighted by Crippen LogP contribution is -2.61. The molecule has 0 aromatic carbocycles. The van der Waals surface area contributed by atoms with Gasteiger partial charge in [0.2, 0.25) is 0 Å². The number of nitrogens with zero attached hydrogens (tertiary/aromatic N) is 1. The van der Waals surface area contributed by atoms with E-state index >= 15 is 0 Å². The molecule has 17 heavy (non-hydrogen) atoms. The SMILES string of the molecule is CC1(C)CC(O)CC(C)(C)N1OCCC(=O)O. The summed E-state index contributed by atoms with van der Waals surface area (Å²) in [4.78, 5) is 16.1. The molecule has 1 heterocycles. The van der Waals surface area contributed by atoms with Crippen LogP contribution < -0.4 is 0 Å². The van der Waals surface area contributed by atoms with Crippen LogP contribution in [-0.4, -0.2) is 45.0 Å². The highest BCUT2D eigenvalue weighted by atomic mass is 16.7. The molecular weight excluding hydrogens is 222 g/mol. The highest BCUT2D eigenvalue weighted by molar-refractivity contribution is 5.66. The van der Waals surface area contributed by atoms with Crippen LogP contribution in [0.4, 0.5) is 0 Å². The first kappa shape index (κ1) is 14.4. The molecule has 2 N–H and O–H groups in total. The third-order valence-electron chi connectivity index (χ3n) is 3.11. The smallest absolute Gasteiger partial charge is 0.305 e. The summed E-state index contributed by atoms with van der Waals surface area (Å²) in [5.74, 6) is -0.863. The van der Waals surface area contributed by atoms with Crippen molar-refractivity contribution in [2.24, 2.45) is 0 Å². The maximum absolute atomic E-state index is 10.5. The Hall–Kier alpha value is -0.650. The highest BCUT2D eigenvalue weighted by Crippen LogP contribution is 2.38. The first-order chi connectivity index (χ1) is 7.65.